The van der Waals surface area contributed by atoms with Crippen LogP contribution in [-0.4, -0.2) is 19.3 Å². The summed E-state index contributed by atoms with van der Waals surface area (Å²) in [6.07, 6.45) is 1.68. The van der Waals surface area contributed by atoms with Gasteiger partial charge in [-0.2, -0.15) is 0 Å². The molecular weight excluding hydrogens is 330 g/mol. The minimum atomic E-state index is -3.94. The van der Waals surface area contributed by atoms with Crippen molar-refractivity contribution < 1.29 is 17.6 Å². The van der Waals surface area contributed by atoms with Crippen LogP contribution in [-0.2, 0) is 10.0 Å². The molecule has 0 unspecified atom stereocenters. The van der Waals surface area contributed by atoms with Gasteiger partial charge in [0.1, 0.15) is 10.7 Å². The number of benzene rings is 1. The highest BCUT2D eigenvalue weighted by Gasteiger charge is 2.21. The second kappa shape index (κ2) is 5.73. The Morgan fingerprint density at radius 1 is 1.25 bits per heavy atom. The van der Waals surface area contributed by atoms with Crippen LogP contribution >= 0.6 is 0 Å². The molecule has 3 N–H and O–H groups in total. The van der Waals surface area contributed by atoms with Crippen molar-refractivity contribution >= 4 is 32.5 Å². The van der Waals surface area contributed by atoms with Crippen LogP contribution in [0.15, 0.2) is 45.8 Å². The van der Waals surface area contributed by atoms with Crippen molar-refractivity contribution in [3.05, 3.63) is 53.6 Å². The number of aryl methyl sites for hydroxylation is 2. The van der Waals surface area contributed by atoms with Gasteiger partial charge in [0.2, 0.25) is 10.0 Å². The van der Waals surface area contributed by atoms with E-state index >= 15 is 0 Å². The molecule has 24 heavy (non-hydrogen) atoms. The fourth-order valence-corrected chi connectivity index (χ4v) is 3.18. The first-order valence-electron chi connectivity index (χ1n) is 7.06. The summed E-state index contributed by atoms with van der Waals surface area (Å²) in [5, 5.41) is 8.58. The molecule has 2 heterocycles. The van der Waals surface area contributed by atoms with Gasteiger partial charge in [0.05, 0.1) is 11.2 Å². The molecule has 3 aromatic rings. The lowest BCUT2D eigenvalue weighted by atomic mass is 10.1. The summed E-state index contributed by atoms with van der Waals surface area (Å²) >= 11 is 0. The maximum absolute atomic E-state index is 12.4. The van der Waals surface area contributed by atoms with E-state index in [0.717, 1.165) is 22.5 Å². The van der Waals surface area contributed by atoms with E-state index in [0.29, 0.717) is 5.69 Å². The number of carbonyl (C=O) groups is 1. The Morgan fingerprint density at radius 3 is 2.67 bits per heavy atom. The highest BCUT2D eigenvalue weighted by Crippen LogP contribution is 2.26. The van der Waals surface area contributed by atoms with Crippen molar-refractivity contribution in [1.82, 2.24) is 4.98 Å². The van der Waals surface area contributed by atoms with Crippen LogP contribution in [0.3, 0.4) is 0 Å². The zero-order valence-electron chi connectivity index (χ0n) is 13.0. The molecule has 0 saturated carbocycles. The predicted molar refractivity (Wildman–Crippen MR) is 89.3 cm³/mol. The maximum atomic E-state index is 12.4. The number of pyridine rings is 1. The minimum absolute atomic E-state index is 0.0677. The largest absolute Gasteiger partial charge is 0.455 e. The van der Waals surface area contributed by atoms with E-state index in [2.05, 4.69) is 10.3 Å². The Bertz CT molecular complexity index is 1050. The number of nitrogens with two attached hydrogens (primary N) is 1. The van der Waals surface area contributed by atoms with Crippen molar-refractivity contribution in [2.24, 2.45) is 5.14 Å². The lowest BCUT2D eigenvalue weighted by Crippen LogP contribution is -2.13. The van der Waals surface area contributed by atoms with Gasteiger partial charge in [-0.25, -0.2) is 13.6 Å². The van der Waals surface area contributed by atoms with Crippen LogP contribution in [0.1, 0.15) is 21.9 Å². The first-order chi connectivity index (χ1) is 11.3. The average molecular weight is 345 g/mol. The molecule has 0 spiro atoms. The Balaban J connectivity index is 1.98. The van der Waals surface area contributed by atoms with Crippen LogP contribution in [0.25, 0.3) is 10.9 Å². The van der Waals surface area contributed by atoms with Crippen LogP contribution in [0, 0.1) is 13.8 Å². The first kappa shape index (κ1) is 16.2. The number of anilines is 1. The van der Waals surface area contributed by atoms with Crippen LogP contribution in [0.4, 0.5) is 5.69 Å². The van der Waals surface area contributed by atoms with E-state index in [1.807, 2.05) is 19.1 Å². The molecule has 0 fully saturated rings. The van der Waals surface area contributed by atoms with Crippen molar-refractivity contribution in [2.45, 2.75) is 18.7 Å². The quantitative estimate of drug-likeness (QED) is 0.756. The Kier molecular flexibility index (Phi) is 3.86. The summed E-state index contributed by atoms with van der Waals surface area (Å²) in [7, 11) is -3.94. The summed E-state index contributed by atoms with van der Waals surface area (Å²) in [5.41, 5.74) is 2.31. The molecule has 1 aromatic carbocycles. The number of amides is 1. The molecule has 1 amide bonds. The van der Waals surface area contributed by atoms with Gasteiger partial charge in [0.25, 0.3) is 5.91 Å². The average Bonchev–Trinajstić information content (AvgIpc) is 2.92. The Morgan fingerprint density at radius 2 is 2.00 bits per heavy atom. The molecule has 124 valence electrons. The summed E-state index contributed by atoms with van der Waals surface area (Å²) in [5.74, 6) is -0.630. The Labute approximate surface area is 138 Å². The van der Waals surface area contributed by atoms with Crippen LogP contribution in [0.5, 0.6) is 0 Å². The molecule has 0 aliphatic carbocycles. The maximum Gasteiger partial charge on any atom is 0.291 e. The number of nitrogens with zero attached hydrogens (tertiary/aromatic N) is 1. The smallest absolute Gasteiger partial charge is 0.291 e. The zero-order chi connectivity index (χ0) is 17.5. The predicted octanol–water partition coefficient (Wildman–Crippen LogP) is 2.34. The van der Waals surface area contributed by atoms with E-state index in [9.17, 15) is 13.2 Å². The van der Waals surface area contributed by atoms with Crippen molar-refractivity contribution in [2.75, 3.05) is 5.32 Å². The molecule has 0 aliphatic heterocycles. The summed E-state index contributed by atoms with van der Waals surface area (Å²) in [6.45, 7) is 3.36. The van der Waals surface area contributed by atoms with E-state index in [1.165, 1.54) is 6.92 Å². The van der Waals surface area contributed by atoms with Gasteiger partial charge in [-0.3, -0.25) is 9.78 Å². The molecule has 0 aliphatic rings. The van der Waals surface area contributed by atoms with Gasteiger partial charge in [-0.1, -0.05) is 6.07 Å². The zero-order valence-corrected chi connectivity index (χ0v) is 13.8. The molecular formula is C16H15N3O4S. The highest BCUT2D eigenvalue weighted by atomic mass is 32.2. The summed E-state index contributed by atoms with van der Waals surface area (Å²) in [4.78, 5) is 16.5. The topological polar surface area (TPSA) is 115 Å². The van der Waals surface area contributed by atoms with Crippen LogP contribution < -0.4 is 10.5 Å². The molecule has 0 saturated heterocycles. The number of aromatic nitrogens is 1. The summed E-state index contributed by atoms with van der Waals surface area (Å²) < 4.78 is 28.1. The standard InChI is InChI=1S/C16H15N3O4S/c1-9-5-6-12(11-4-3-7-18-15(9)11)19-16(20)13-8-14(10(2)23-13)24(17,21)22/h3-8H,1-2H3,(H,19,20)(H2,17,21,22). The van der Waals surface area contributed by atoms with E-state index < -0.39 is 15.9 Å². The van der Waals surface area contributed by atoms with Gasteiger partial charge in [0, 0.05) is 17.6 Å². The fourth-order valence-electron chi connectivity index (χ4n) is 2.47. The third kappa shape index (κ3) is 2.89. The number of sulfonamides is 1. The number of fused-ring (bicyclic) bond motifs is 1. The molecule has 8 heteroatoms. The number of nitrogens with one attached hydrogen (secondary N) is 1. The second-order valence-corrected chi connectivity index (χ2v) is 6.89. The Hall–Kier alpha value is -2.71. The second-order valence-electron chi connectivity index (χ2n) is 5.36. The SMILES string of the molecule is Cc1oc(C(=O)Nc2ccc(C)c3ncccc23)cc1S(N)(=O)=O. The lowest BCUT2D eigenvalue weighted by molar-refractivity contribution is 0.0995. The van der Waals surface area contributed by atoms with Gasteiger partial charge in [-0.05, 0) is 37.6 Å². The van der Waals surface area contributed by atoms with Gasteiger partial charge in [-0.15, -0.1) is 0 Å². The fraction of sp³-hybridized carbons (Fsp3) is 0.125. The summed E-state index contributed by atoms with van der Waals surface area (Å²) in [6, 6.07) is 8.33. The third-order valence-electron chi connectivity index (χ3n) is 3.62. The number of hydrogen-bond donors (Lipinski definition) is 2. The van der Waals surface area contributed by atoms with Gasteiger partial charge < -0.3 is 9.73 Å². The molecule has 0 bridgehead atoms. The monoisotopic (exact) mass is 345 g/mol. The minimum Gasteiger partial charge on any atom is -0.455 e. The van der Waals surface area contributed by atoms with Crippen molar-refractivity contribution in [1.29, 1.82) is 0 Å². The molecule has 2 aromatic heterocycles. The number of rotatable bonds is 3. The number of primary sulfonamides is 1. The van der Waals surface area contributed by atoms with Gasteiger partial charge >= 0.3 is 0 Å². The first-order valence-corrected chi connectivity index (χ1v) is 8.61. The van der Waals surface area contributed by atoms with Gasteiger partial charge in [0.15, 0.2) is 5.76 Å². The number of carbonyl (C=O) groups excluding carboxylic acids is 1. The molecule has 7 nitrogen and oxygen atoms in total. The third-order valence-corrected chi connectivity index (χ3v) is 4.64. The molecule has 0 radical (unpaired) electrons. The normalized spacial score (nSPS) is 11.6. The number of furan rings is 1. The van der Waals surface area contributed by atoms with E-state index in [-0.39, 0.29) is 16.4 Å². The van der Waals surface area contributed by atoms with Crippen molar-refractivity contribution in [3.63, 3.8) is 0 Å². The lowest BCUT2D eigenvalue weighted by Gasteiger charge is -2.08. The molecule has 3 rings (SSSR count). The van der Waals surface area contributed by atoms with Crippen LogP contribution in [0.2, 0.25) is 0 Å². The molecule has 0 atom stereocenters. The number of hydrogen-bond acceptors (Lipinski definition) is 5. The van der Waals surface area contributed by atoms with E-state index in [4.69, 9.17) is 9.56 Å². The van der Waals surface area contributed by atoms with E-state index in [1.54, 1.807) is 18.3 Å². The highest BCUT2D eigenvalue weighted by molar-refractivity contribution is 7.89. The van der Waals surface area contributed by atoms with Crippen molar-refractivity contribution in [3.8, 4) is 0 Å².